The Morgan fingerprint density at radius 1 is 1.10 bits per heavy atom. The van der Waals surface area contributed by atoms with Crippen LogP contribution < -0.4 is 0 Å². The topological polar surface area (TPSA) is 60.2 Å². The van der Waals surface area contributed by atoms with E-state index >= 15 is 0 Å². The van der Waals surface area contributed by atoms with Crippen LogP contribution in [0.15, 0.2) is 48.5 Å². The van der Waals surface area contributed by atoms with Crippen LogP contribution in [0, 0.1) is 16.0 Å². The van der Waals surface area contributed by atoms with Gasteiger partial charge in [0, 0.05) is 28.6 Å². The van der Waals surface area contributed by atoms with E-state index < -0.39 is 4.92 Å². The van der Waals surface area contributed by atoms with Crippen LogP contribution >= 0.6 is 11.6 Å². The van der Waals surface area contributed by atoms with E-state index in [0.717, 1.165) is 12.0 Å². The normalized spacial score (nSPS) is 20.0. The molecular weight excluding hydrogens is 290 g/mol. The van der Waals surface area contributed by atoms with E-state index in [1.165, 1.54) is 24.3 Å². The SMILES string of the molecule is O=C(c1ccc([N+](=O)[O-])cc1)[C@@H]1C[C@H]1c1ccc(Cl)cc1. The van der Waals surface area contributed by atoms with Gasteiger partial charge in [0.05, 0.1) is 4.92 Å². The number of halogens is 1. The Hall–Kier alpha value is -2.20. The number of carbonyl (C=O) groups excluding carboxylic acids is 1. The van der Waals surface area contributed by atoms with Crippen LogP contribution in [0.2, 0.25) is 5.02 Å². The fraction of sp³-hybridized carbons (Fsp3) is 0.188. The molecule has 0 aliphatic heterocycles. The van der Waals surface area contributed by atoms with Gasteiger partial charge in [-0.1, -0.05) is 23.7 Å². The van der Waals surface area contributed by atoms with Crippen molar-refractivity contribution in [1.29, 1.82) is 0 Å². The Bertz CT molecular complexity index is 694. The van der Waals surface area contributed by atoms with E-state index in [2.05, 4.69) is 0 Å². The molecular formula is C16H12ClNO3. The molecule has 4 nitrogen and oxygen atoms in total. The van der Waals surface area contributed by atoms with Gasteiger partial charge in [-0.25, -0.2) is 0 Å². The first-order chi connectivity index (χ1) is 10.1. The zero-order chi connectivity index (χ0) is 15.0. The molecule has 1 saturated carbocycles. The number of rotatable bonds is 4. The monoisotopic (exact) mass is 301 g/mol. The highest BCUT2D eigenvalue weighted by Crippen LogP contribution is 2.49. The van der Waals surface area contributed by atoms with E-state index in [4.69, 9.17) is 11.6 Å². The average molecular weight is 302 g/mol. The van der Waals surface area contributed by atoms with Gasteiger partial charge in [-0.05, 0) is 42.2 Å². The van der Waals surface area contributed by atoms with E-state index in [9.17, 15) is 14.9 Å². The summed E-state index contributed by atoms with van der Waals surface area (Å²) in [7, 11) is 0. The van der Waals surface area contributed by atoms with Crippen LogP contribution in [0.25, 0.3) is 0 Å². The van der Waals surface area contributed by atoms with Gasteiger partial charge in [-0.15, -0.1) is 0 Å². The van der Waals surface area contributed by atoms with Crippen molar-refractivity contribution in [2.45, 2.75) is 12.3 Å². The Morgan fingerprint density at radius 3 is 2.29 bits per heavy atom. The molecule has 0 radical (unpaired) electrons. The molecule has 0 spiro atoms. The molecule has 1 aliphatic rings. The molecule has 0 amide bonds. The fourth-order valence-electron chi connectivity index (χ4n) is 2.52. The maximum absolute atomic E-state index is 12.3. The zero-order valence-corrected chi connectivity index (χ0v) is 11.8. The predicted molar refractivity (Wildman–Crippen MR) is 79.7 cm³/mol. The predicted octanol–water partition coefficient (Wildman–Crippen LogP) is 4.23. The maximum Gasteiger partial charge on any atom is 0.269 e. The highest BCUT2D eigenvalue weighted by atomic mass is 35.5. The molecule has 1 fully saturated rings. The minimum atomic E-state index is -0.470. The summed E-state index contributed by atoms with van der Waals surface area (Å²) in [5.74, 6) is 0.238. The lowest BCUT2D eigenvalue weighted by atomic mass is 10.0. The molecule has 5 heteroatoms. The molecule has 0 unspecified atom stereocenters. The Balaban J connectivity index is 1.72. The summed E-state index contributed by atoms with van der Waals surface area (Å²) in [6.45, 7) is 0. The minimum absolute atomic E-state index is 0.00315. The first kappa shape index (κ1) is 13.8. The minimum Gasteiger partial charge on any atom is -0.294 e. The second kappa shape index (κ2) is 5.30. The molecule has 0 saturated heterocycles. The lowest BCUT2D eigenvalue weighted by Gasteiger charge is -2.02. The van der Waals surface area contributed by atoms with Crippen molar-refractivity contribution < 1.29 is 9.72 Å². The third-order valence-corrected chi connectivity index (χ3v) is 4.04. The molecule has 0 heterocycles. The second-order valence-electron chi connectivity index (χ2n) is 5.17. The van der Waals surface area contributed by atoms with Crippen molar-refractivity contribution in [2.75, 3.05) is 0 Å². The molecule has 0 N–H and O–H groups in total. The summed E-state index contributed by atoms with van der Waals surface area (Å²) in [5, 5.41) is 11.3. The van der Waals surface area contributed by atoms with Gasteiger partial charge in [-0.3, -0.25) is 14.9 Å². The Labute approximate surface area is 126 Å². The summed E-state index contributed by atoms with van der Waals surface area (Å²) in [5.41, 5.74) is 1.64. The van der Waals surface area contributed by atoms with Gasteiger partial charge < -0.3 is 0 Å². The molecule has 106 valence electrons. The van der Waals surface area contributed by atoms with E-state index in [1.54, 1.807) is 0 Å². The van der Waals surface area contributed by atoms with Gasteiger partial charge in [0.15, 0.2) is 5.78 Å². The number of ketones is 1. The van der Waals surface area contributed by atoms with Gasteiger partial charge >= 0.3 is 0 Å². The number of nitro benzene ring substituents is 1. The number of nitro groups is 1. The number of hydrogen-bond acceptors (Lipinski definition) is 3. The summed E-state index contributed by atoms with van der Waals surface area (Å²) >= 11 is 5.85. The quantitative estimate of drug-likeness (QED) is 0.482. The van der Waals surface area contributed by atoms with Crippen LogP contribution in [-0.4, -0.2) is 10.7 Å². The van der Waals surface area contributed by atoms with Gasteiger partial charge in [0.1, 0.15) is 0 Å². The van der Waals surface area contributed by atoms with Gasteiger partial charge in [0.2, 0.25) is 0 Å². The number of non-ortho nitro benzene ring substituents is 1. The molecule has 2 aromatic carbocycles. The van der Waals surface area contributed by atoms with Crippen molar-refractivity contribution in [3.05, 3.63) is 74.8 Å². The molecule has 2 aromatic rings. The van der Waals surface area contributed by atoms with Crippen LogP contribution in [0.1, 0.15) is 28.3 Å². The van der Waals surface area contributed by atoms with Crippen LogP contribution in [-0.2, 0) is 0 Å². The number of benzene rings is 2. The number of carbonyl (C=O) groups is 1. The van der Waals surface area contributed by atoms with E-state index in [1.807, 2.05) is 24.3 Å². The molecule has 1 aliphatic carbocycles. The number of hydrogen-bond donors (Lipinski definition) is 0. The zero-order valence-electron chi connectivity index (χ0n) is 11.0. The van der Waals surface area contributed by atoms with Crippen molar-refractivity contribution in [3.8, 4) is 0 Å². The third kappa shape index (κ3) is 2.81. The van der Waals surface area contributed by atoms with E-state index in [-0.39, 0.29) is 23.3 Å². The highest BCUT2D eigenvalue weighted by Gasteiger charge is 2.43. The molecule has 2 atom stereocenters. The van der Waals surface area contributed by atoms with Crippen LogP contribution in [0.5, 0.6) is 0 Å². The first-order valence-electron chi connectivity index (χ1n) is 6.60. The molecule has 0 bridgehead atoms. The van der Waals surface area contributed by atoms with Crippen LogP contribution in [0.4, 0.5) is 5.69 Å². The largest absolute Gasteiger partial charge is 0.294 e. The third-order valence-electron chi connectivity index (χ3n) is 3.79. The number of nitrogens with zero attached hydrogens (tertiary/aromatic N) is 1. The summed E-state index contributed by atoms with van der Waals surface area (Å²) in [4.78, 5) is 22.5. The fourth-order valence-corrected chi connectivity index (χ4v) is 2.65. The lowest BCUT2D eigenvalue weighted by molar-refractivity contribution is -0.384. The summed E-state index contributed by atoms with van der Waals surface area (Å²) in [6, 6.07) is 13.3. The lowest BCUT2D eigenvalue weighted by Crippen LogP contribution is -2.03. The van der Waals surface area contributed by atoms with Gasteiger partial charge in [-0.2, -0.15) is 0 Å². The summed E-state index contributed by atoms with van der Waals surface area (Å²) in [6.07, 6.45) is 0.817. The smallest absolute Gasteiger partial charge is 0.269 e. The molecule has 0 aromatic heterocycles. The van der Waals surface area contributed by atoms with Crippen molar-refractivity contribution in [2.24, 2.45) is 5.92 Å². The Kier molecular flexibility index (Phi) is 3.47. The summed E-state index contributed by atoms with van der Waals surface area (Å²) < 4.78 is 0. The van der Waals surface area contributed by atoms with Crippen molar-refractivity contribution in [1.82, 2.24) is 0 Å². The van der Waals surface area contributed by atoms with Crippen molar-refractivity contribution in [3.63, 3.8) is 0 Å². The standard InChI is InChI=1S/C16H12ClNO3/c17-12-5-1-10(2-6-12)14-9-15(14)16(19)11-3-7-13(8-4-11)18(20)21/h1-8,14-15H,9H2/t14-,15+/m0/s1. The molecule has 3 rings (SSSR count). The Morgan fingerprint density at radius 2 is 1.71 bits per heavy atom. The number of Topliss-reactive ketones (excluding diaryl/α,β-unsaturated/α-hetero) is 1. The average Bonchev–Trinajstić information content (AvgIpc) is 3.28. The second-order valence-corrected chi connectivity index (χ2v) is 5.60. The van der Waals surface area contributed by atoms with Crippen LogP contribution in [0.3, 0.4) is 0 Å². The first-order valence-corrected chi connectivity index (χ1v) is 6.98. The molecule has 21 heavy (non-hydrogen) atoms. The highest BCUT2D eigenvalue weighted by molar-refractivity contribution is 6.30. The van der Waals surface area contributed by atoms with Crippen molar-refractivity contribution >= 4 is 23.1 Å². The van der Waals surface area contributed by atoms with Gasteiger partial charge in [0.25, 0.3) is 5.69 Å². The maximum atomic E-state index is 12.3. The van der Waals surface area contributed by atoms with E-state index in [0.29, 0.717) is 10.6 Å².